The summed E-state index contributed by atoms with van der Waals surface area (Å²) in [5, 5.41) is 12.2. The number of thiophene rings is 1. The lowest BCUT2D eigenvalue weighted by Gasteiger charge is -2.20. The maximum atomic E-state index is 6.65. The van der Waals surface area contributed by atoms with Crippen molar-refractivity contribution in [2.45, 2.75) is 6.92 Å². The van der Waals surface area contributed by atoms with E-state index in [0.29, 0.717) is 0 Å². The second-order valence-electron chi connectivity index (χ2n) is 15.9. The molecule has 12 aromatic rings. The third-order valence-corrected chi connectivity index (χ3v) is 13.9. The predicted molar refractivity (Wildman–Crippen MR) is 265 cm³/mol. The van der Waals surface area contributed by atoms with Gasteiger partial charge >= 0.3 is 0 Å². The van der Waals surface area contributed by atoms with Crippen LogP contribution in [0.3, 0.4) is 0 Å². The van der Waals surface area contributed by atoms with Crippen LogP contribution in [0, 0.1) is 6.92 Å². The van der Waals surface area contributed by atoms with Gasteiger partial charge in [-0.3, -0.25) is 0 Å². The van der Waals surface area contributed by atoms with Crippen LogP contribution < -0.4 is 0 Å². The molecule has 1 nitrogen and oxygen atoms in total. The van der Waals surface area contributed by atoms with E-state index in [1.807, 2.05) is 23.5 Å². The smallest absolute Gasteiger partial charge is 0.143 e. The molecule has 0 N–H and O–H groups in total. The van der Waals surface area contributed by atoms with E-state index in [-0.39, 0.29) is 0 Å². The van der Waals surface area contributed by atoms with Gasteiger partial charge in [0, 0.05) is 47.6 Å². The van der Waals surface area contributed by atoms with E-state index < -0.39 is 0 Å². The summed E-state index contributed by atoms with van der Waals surface area (Å²) in [4.78, 5) is 0. The molecule has 0 radical (unpaired) electrons. The van der Waals surface area contributed by atoms with E-state index in [4.69, 9.17) is 4.42 Å². The molecular formula is C59H38OS. The molecule has 0 aliphatic heterocycles. The maximum Gasteiger partial charge on any atom is 0.143 e. The van der Waals surface area contributed by atoms with Crippen LogP contribution in [-0.2, 0) is 0 Å². The highest BCUT2D eigenvalue weighted by Gasteiger charge is 2.23. The Morgan fingerprint density at radius 3 is 1.69 bits per heavy atom. The number of rotatable bonds is 6. The number of para-hydroxylation sites is 2. The Morgan fingerprint density at radius 1 is 0.443 bits per heavy atom. The zero-order chi connectivity index (χ0) is 40.6. The number of fused-ring (bicyclic) bond motifs is 9. The summed E-state index contributed by atoms with van der Waals surface area (Å²) < 4.78 is 9.23. The molecule has 0 atom stereocenters. The Labute approximate surface area is 357 Å². The zero-order valence-corrected chi connectivity index (χ0v) is 34.4. The average Bonchev–Trinajstić information content (AvgIpc) is 3.89. The van der Waals surface area contributed by atoms with Gasteiger partial charge in [-0.1, -0.05) is 189 Å². The van der Waals surface area contributed by atoms with Gasteiger partial charge in [-0.05, 0) is 96.4 Å². The predicted octanol–water partition coefficient (Wildman–Crippen LogP) is 17.6. The summed E-state index contributed by atoms with van der Waals surface area (Å²) >= 11 is 1.89. The maximum absolute atomic E-state index is 6.65. The molecule has 286 valence electrons. The Bertz CT molecular complexity index is 3730. The number of furan rings is 1. The van der Waals surface area contributed by atoms with Gasteiger partial charge in [-0.2, -0.15) is 0 Å². The van der Waals surface area contributed by atoms with Crippen molar-refractivity contribution in [2.24, 2.45) is 0 Å². The first-order valence-electron chi connectivity index (χ1n) is 20.9. The molecule has 0 bridgehead atoms. The van der Waals surface area contributed by atoms with Crippen LogP contribution in [0.15, 0.2) is 205 Å². The molecular weight excluding hydrogens is 757 g/mol. The topological polar surface area (TPSA) is 13.1 Å². The van der Waals surface area contributed by atoms with E-state index in [1.54, 1.807) is 0 Å². The number of hydrogen-bond donors (Lipinski definition) is 0. The summed E-state index contributed by atoms with van der Waals surface area (Å²) in [6.07, 6.45) is 6.16. The molecule has 2 heteroatoms. The molecule has 0 spiro atoms. The largest absolute Gasteiger partial charge is 0.455 e. The fraction of sp³-hybridized carbons (Fsp3) is 0.0169. The second-order valence-corrected chi connectivity index (χ2v) is 17.0. The SMILES string of the molecule is C=C/C=C\c1c(C)c(-c2cccc3c2sc2ccc(-c4c5ccccc5c(-c5cccc6c5oc5ccccc56)c5ccccc45)cc23)c2ccccc2c1-c1ccccc1. The van der Waals surface area contributed by atoms with Gasteiger partial charge in [0.15, 0.2) is 0 Å². The summed E-state index contributed by atoms with van der Waals surface area (Å²) in [7, 11) is 0. The van der Waals surface area contributed by atoms with E-state index in [1.165, 1.54) is 103 Å². The molecule has 0 saturated carbocycles. The lowest BCUT2D eigenvalue weighted by Crippen LogP contribution is -1.96. The molecule has 12 rings (SSSR count). The van der Waals surface area contributed by atoms with Gasteiger partial charge < -0.3 is 4.42 Å². The van der Waals surface area contributed by atoms with Crippen molar-refractivity contribution in [3.63, 3.8) is 0 Å². The molecule has 61 heavy (non-hydrogen) atoms. The lowest BCUT2D eigenvalue weighted by molar-refractivity contribution is 0.670. The zero-order valence-electron chi connectivity index (χ0n) is 33.6. The van der Waals surface area contributed by atoms with Crippen LogP contribution in [0.1, 0.15) is 11.1 Å². The Morgan fingerprint density at radius 2 is 1.00 bits per heavy atom. The molecule has 10 aromatic carbocycles. The minimum atomic E-state index is 0.909. The quantitative estimate of drug-likeness (QED) is 0.121. The number of benzene rings is 10. The van der Waals surface area contributed by atoms with E-state index in [9.17, 15) is 0 Å². The van der Waals surface area contributed by atoms with Crippen molar-refractivity contribution in [1.29, 1.82) is 0 Å². The molecule has 2 heterocycles. The van der Waals surface area contributed by atoms with Gasteiger partial charge in [0.1, 0.15) is 11.2 Å². The van der Waals surface area contributed by atoms with Crippen LogP contribution >= 0.6 is 11.3 Å². The summed E-state index contributed by atoms with van der Waals surface area (Å²) in [6, 6.07) is 66.4. The van der Waals surface area contributed by atoms with E-state index in [2.05, 4.69) is 202 Å². The third-order valence-electron chi connectivity index (χ3n) is 12.6. The molecule has 0 fully saturated rings. The van der Waals surface area contributed by atoms with Crippen molar-refractivity contribution in [3.8, 4) is 44.5 Å². The highest BCUT2D eigenvalue weighted by atomic mass is 32.1. The normalized spacial score (nSPS) is 12.0. The Kier molecular flexibility index (Phi) is 8.16. The standard InChI is InChI=1S/C59H38OS/c1-3-4-20-39-36(2)54(41-22-8-9-23-42(41)55(39)37-18-6-5-7-19-37)50-31-17-29-48-51-35-38(33-34-53(51)61-59(48)50)56-43-24-10-12-26-45(43)57(46-27-13-11-25-44(46)56)49-30-16-28-47-40-21-14-15-32-52(40)60-58(47)49/h3-35H,1H2,2H3/b20-4-. The highest BCUT2D eigenvalue weighted by Crippen LogP contribution is 2.50. The first kappa shape index (κ1) is 35.4. The van der Waals surface area contributed by atoms with Crippen LogP contribution in [0.5, 0.6) is 0 Å². The molecule has 0 amide bonds. The van der Waals surface area contributed by atoms with Crippen LogP contribution in [0.25, 0.3) is 125 Å². The summed E-state index contributed by atoms with van der Waals surface area (Å²) in [5.41, 5.74) is 14.1. The van der Waals surface area contributed by atoms with Crippen LogP contribution in [0.4, 0.5) is 0 Å². The Balaban J connectivity index is 1.10. The molecule has 0 unspecified atom stereocenters. The van der Waals surface area contributed by atoms with Crippen LogP contribution in [-0.4, -0.2) is 0 Å². The average molecular weight is 795 g/mol. The van der Waals surface area contributed by atoms with Crippen LogP contribution in [0.2, 0.25) is 0 Å². The van der Waals surface area contributed by atoms with Crippen molar-refractivity contribution in [3.05, 3.63) is 212 Å². The highest BCUT2D eigenvalue weighted by molar-refractivity contribution is 7.26. The van der Waals surface area contributed by atoms with Crippen molar-refractivity contribution in [1.82, 2.24) is 0 Å². The molecule has 2 aromatic heterocycles. The van der Waals surface area contributed by atoms with E-state index in [0.717, 1.165) is 27.5 Å². The Hall–Kier alpha value is -7.52. The first-order chi connectivity index (χ1) is 30.2. The number of hydrogen-bond acceptors (Lipinski definition) is 2. The fourth-order valence-electron chi connectivity index (χ4n) is 10.0. The number of allylic oxidation sites excluding steroid dienone is 2. The minimum Gasteiger partial charge on any atom is -0.455 e. The molecule has 0 saturated heterocycles. The minimum absolute atomic E-state index is 0.909. The third kappa shape index (κ3) is 5.39. The fourth-order valence-corrected chi connectivity index (χ4v) is 11.3. The monoisotopic (exact) mass is 794 g/mol. The second kappa shape index (κ2) is 14.1. The van der Waals surface area contributed by atoms with Crippen molar-refractivity contribution in [2.75, 3.05) is 0 Å². The van der Waals surface area contributed by atoms with Gasteiger partial charge in [0.25, 0.3) is 0 Å². The van der Waals surface area contributed by atoms with Gasteiger partial charge in [0.2, 0.25) is 0 Å². The summed E-state index contributed by atoms with van der Waals surface area (Å²) in [6.45, 7) is 6.31. The van der Waals surface area contributed by atoms with Gasteiger partial charge in [-0.25, -0.2) is 0 Å². The van der Waals surface area contributed by atoms with Crippen molar-refractivity contribution < 1.29 is 4.42 Å². The molecule has 0 aliphatic carbocycles. The van der Waals surface area contributed by atoms with Gasteiger partial charge in [0.05, 0.1) is 0 Å². The van der Waals surface area contributed by atoms with Gasteiger partial charge in [-0.15, -0.1) is 11.3 Å². The first-order valence-corrected chi connectivity index (χ1v) is 21.7. The lowest BCUT2D eigenvalue weighted by atomic mass is 9.83. The summed E-state index contributed by atoms with van der Waals surface area (Å²) in [5.74, 6) is 0. The molecule has 0 aliphatic rings. The van der Waals surface area contributed by atoms with E-state index >= 15 is 0 Å². The van der Waals surface area contributed by atoms with Crippen molar-refractivity contribution >= 4 is 91.8 Å².